The Morgan fingerprint density at radius 2 is 1.94 bits per heavy atom. The van der Waals surface area contributed by atoms with Gasteiger partial charge < -0.3 is 10.6 Å². The summed E-state index contributed by atoms with van der Waals surface area (Å²) >= 11 is 0. The third-order valence-electron chi connectivity index (χ3n) is 3.47. The van der Waals surface area contributed by atoms with Gasteiger partial charge in [0.15, 0.2) is 0 Å². The molecule has 18 heavy (non-hydrogen) atoms. The fraction of sp³-hybridized carbons (Fsp3) is 0.667. The molecule has 0 saturated carbocycles. The van der Waals surface area contributed by atoms with Crippen LogP contribution in [0.4, 0.5) is 11.5 Å². The Morgan fingerprint density at radius 3 is 2.56 bits per heavy atom. The maximum atomic E-state index is 4.32. The summed E-state index contributed by atoms with van der Waals surface area (Å²) < 4.78 is 0. The normalized spacial score (nSPS) is 12.5. The van der Waals surface area contributed by atoms with Crippen LogP contribution in [0, 0.1) is 5.92 Å². The van der Waals surface area contributed by atoms with Gasteiger partial charge in [0.2, 0.25) is 0 Å². The van der Waals surface area contributed by atoms with E-state index in [9.17, 15) is 0 Å². The van der Waals surface area contributed by atoms with Gasteiger partial charge >= 0.3 is 0 Å². The van der Waals surface area contributed by atoms with Crippen LogP contribution in [0.25, 0.3) is 0 Å². The molecule has 2 N–H and O–H groups in total. The fourth-order valence-corrected chi connectivity index (χ4v) is 2.25. The second kappa shape index (κ2) is 7.96. The van der Waals surface area contributed by atoms with Gasteiger partial charge in [-0.2, -0.15) is 0 Å². The van der Waals surface area contributed by atoms with Crippen LogP contribution in [0.15, 0.2) is 18.3 Å². The van der Waals surface area contributed by atoms with Crippen LogP contribution in [-0.2, 0) is 0 Å². The Balaban J connectivity index is 2.60. The van der Waals surface area contributed by atoms with E-state index in [0.29, 0.717) is 6.04 Å². The molecule has 0 aromatic carbocycles. The zero-order valence-corrected chi connectivity index (χ0v) is 12.2. The van der Waals surface area contributed by atoms with E-state index in [4.69, 9.17) is 0 Å². The van der Waals surface area contributed by atoms with Crippen molar-refractivity contribution >= 4 is 11.5 Å². The molecule has 1 aromatic heterocycles. The molecule has 1 atom stereocenters. The zero-order chi connectivity index (χ0) is 13.4. The molecule has 0 saturated heterocycles. The van der Waals surface area contributed by atoms with Gasteiger partial charge in [0, 0.05) is 30.5 Å². The van der Waals surface area contributed by atoms with Gasteiger partial charge in [0.05, 0.1) is 0 Å². The molecule has 3 nitrogen and oxygen atoms in total. The first-order valence-electron chi connectivity index (χ1n) is 7.17. The van der Waals surface area contributed by atoms with Gasteiger partial charge in [0.1, 0.15) is 5.82 Å². The lowest BCUT2D eigenvalue weighted by Gasteiger charge is -2.23. The highest BCUT2D eigenvalue weighted by Crippen LogP contribution is 2.19. The minimum atomic E-state index is 0.501. The number of hydrogen-bond acceptors (Lipinski definition) is 3. The quantitative estimate of drug-likeness (QED) is 0.727. The second-order valence-corrected chi connectivity index (χ2v) is 4.87. The summed E-state index contributed by atoms with van der Waals surface area (Å²) in [5.74, 6) is 1.68. The van der Waals surface area contributed by atoms with E-state index in [-0.39, 0.29) is 0 Å². The Hall–Kier alpha value is -1.25. The molecular formula is C15H27N3. The largest absolute Gasteiger partial charge is 0.382 e. The maximum absolute atomic E-state index is 4.32. The van der Waals surface area contributed by atoms with Crippen molar-refractivity contribution in [2.24, 2.45) is 5.92 Å². The number of nitrogens with zero attached hydrogens (tertiary/aromatic N) is 1. The molecule has 1 aromatic rings. The van der Waals surface area contributed by atoms with Crippen LogP contribution >= 0.6 is 0 Å². The van der Waals surface area contributed by atoms with Gasteiger partial charge in [-0.3, -0.25) is 0 Å². The first-order chi connectivity index (χ1) is 8.71. The molecule has 0 bridgehead atoms. The van der Waals surface area contributed by atoms with Crippen molar-refractivity contribution in [1.29, 1.82) is 0 Å². The summed E-state index contributed by atoms with van der Waals surface area (Å²) in [7, 11) is 0. The second-order valence-electron chi connectivity index (χ2n) is 4.87. The predicted molar refractivity (Wildman–Crippen MR) is 80.2 cm³/mol. The van der Waals surface area contributed by atoms with E-state index in [1.165, 1.54) is 12.8 Å². The van der Waals surface area contributed by atoms with Gasteiger partial charge in [-0.05, 0) is 25.3 Å². The minimum Gasteiger partial charge on any atom is -0.382 e. The van der Waals surface area contributed by atoms with Crippen molar-refractivity contribution in [3.05, 3.63) is 18.3 Å². The summed E-state index contributed by atoms with van der Waals surface area (Å²) in [6.07, 6.45) is 5.41. The molecular weight excluding hydrogens is 222 g/mol. The molecule has 1 unspecified atom stereocenters. The van der Waals surface area contributed by atoms with E-state index in [1.807, 2.05) is 12.3 Å². The van der Waals surface area contributed by atoms with Gasteiger partial charge in [-0.1, -0.05) is 33.6 Å². The number of rotatable bonds is 8. The van der Waals surface area contributed by atoms with Crippen molar-refractivity contribution in [3.8, 4) is 0 Å². The molecule has 0 radical (unpaired) electrons. The van der Waals surface area contributed by atoms with Gasteiger partial charge in [-0.25, -0.2) is 4.98 Å². The number of hydrogen-bond donors (Lipinski definition) is 2. The smallest absolute Gasteiger partial charge is 0.127 e. The lowest BCUT2D eigenvalue weighted by Crippen LogP contribution is -2.25. The topological polar surface area (TPSA) is 37.0 Å². The average Bonchev–Trinajstić information content (AvgIpc) is 2.38. The maximum Gasteiger partial charge on any atom is 0.127 e. The third-order valence-corrected chi connectivity index (χ3v) is 3.47. The summed E-state index contributed by atoms with van der Waals surface area (Å²) in [5, 5.41) is 6.89. The molecule has 0 aliphatic rings. The average molecular weight is 249 g/mol. The van der Waals surface area contributed by atoms with Crippen molar-refractivity contribution < 1.29 is 0 Å². The number of anilines is 2. The van der Waals surface area contributed by atoms with Crippen molar-refractivity contribution in [2.45, 2.75) is 53.0 Å². The summed E-state index contributed by atoms with van der Waals surface area (Å²) in [4.78, 5) is 4.32. The van der Waals surface area contributed by atoms with E-state index < -0.39 is 0 Å². The van der Waals surface area contributed by atoms with Crippen LogP contribution in [0.5, 0.6) is 0 Å². The summed E-state index contributed by atoms with van der Waals surface area (Å²) in [6, 6.07) is 4.63. The van der Waals surface area contributed by atoms with Crippen LogP contribution in [0.3, 0.4) is 0 Å². The number of pyridine rings is 1. The fourth-order valence-electron chi connectivity index (χ4n) is 2.25. The Labute approximate surface area is 111 Å². The summed E-state index contributed by atoms with van der Waals surface area (Å²) in [5.41, 5.74) is 1.16. The van der Waals surface area contributed by atoms with E-state index in [1.54, 1.807) is 0 Å². The first-order valence-corrected chi connectivity index (χ1v) is 7.17. The predicted octanol–water partition coefficient (Wildman–Crippen LogP) is 4.14. The number of nitrogens with one attached hydrogen (secondary N) is 2. The molecule has 102 valence electrons. The standard InChI is InChI=1S/C15H27N3/c1-5-9-16-15-11-14(8-10-17-15)18-12(4)13(6-2)7-3/h8,10-13H,5-7,9H2,1-4H3,(H2,16,17,18). The van der Waals surface area contributed by atoms with E-state index in [2.05, 4.69) is 49.4 Å². The van der Waals surface area contributed by atoms with E-state index >= 15 is 0 Å². The SMILES string of the molecule is CCCNc1cc(NC(C)C(CC)CC)ccn1. The van der Waals surface area contributed by atoms with E-state index in [0.717, 1.165) is 30.4 Å². The highest BCUT2D eigenvalue weighted by atomic mass is 15.0. The lowest BCUT2D eigenvalue weighted by atomic mass is 9.95. The molecule has 1 heterocycles. The van der Waals surface area contributed by atoms with Crippen LogP contribution in [-0.4, -0.2) is 17.6 Å². The Bertz CT molecular complexity index is 334. The summed E-state index contributed by atoms with van der Waals surface area (Å²) in [6.45, 7) is 9.90. The van der Waals surface area contributed by atoms with Gasteiger partial charge in [-0.15, -0.1) is 0 Å². The van der Waals surface area contributed by atoms with Crippen molar-refractivity contribution in [3.63, 3.8) is 0 Å². The van der Waals surface area contributed by atoms with Crippen LogP contribution in [0.2, 0.25) is 0 Å². The monoisotopic (exact) mass is 249 g/mol. The van der Waals surface area contributed by atoms with Gasteiger partial charge in [0.25, 0.3) is 0 Å². The van der Waals surface area contributed by atoms with Crippen LogP contribution in [0.1, 0.15) is 47.0 Å². The minimum absolute atomic E-state index is 0.501. The highest BCUT2D eigenvalue weighted by Gasteiger charge is 2.13. The Kier molecular flexibility index (Phi) is 6.55. The molecule has 1 rings (SSSR count). The Morgan fingerprint density at radius 1 is 1.22 bits per heavy atom. The zero-order valence-electron chi connectivity index (χ0n) is 12.2. The third kappa shape index (κ3) is 4.55. The van der Waals surface area contributed by atoms with Crippen molar-refractivity contribution in [1.82, 2.24) is 4.98 Å². The lowest BCUT2D eigenvalue weighted by molar-refractivity contribution is 0.438. The molecule has 0 fully saturated rings. The van der Waals surface area contributed by atoms with Crippen molar-refractivity contribution in [2.75, 3.05) is 17.2 Å². The van der Waals surface area contributed by atoms with Crippen LogP contribution < -0.4 is 10.6 Å². The molecule has 0 amide bonds. The first kappa shape index (κ1) is 14.8. The molecule has 0 aliphatic carbocycles. The molecule has 0 aliphatic heterocycles. The number of aromatic nitrogens is 1. The molecule has 3 heteroatoms. The molecule has 0 spiro atoms. The highest BCUT2D eigenvalue weighted by molar-refractivity contribution is 5.52.